The molecule has 7 nitrogen and oxygen atoms in total. The highest BCUT2D eigenvalue weighted by Crippen LogP contribution is 2.21. The molecule has 4 rings (SSSR count). The van der Waals surface area contributed by atoms with Gasteiger partial charge >= 0.3 is 0 Å². The number of benzene rings is 2. The Hall–Kier alpha value is -3.81. The van der Waals surface area contributed by atoms with E-state index in [9.17, 15) is 14.0 Å². The number of nitrogens with zero attached hydrogens (tertiary/aromatic N) is 3. The van der Waals surface area contributed by atoms with Crippen LogP contribution in [0.2, 0.25) is 0 Å². The van der Waals surface area contributed by atoms with Crippen LogP contribution in [0.3, 0.4) is 0 Å². The summed E-state index contributed by atoms with van der Waals surface area (Å²) in [6, 6.07) is 9.60. The molecule has 0 aliphatic carbocycles. The van der Waals surface area contributed by atoms with E-state index in [2.05, 4.69) is 27.2 Å². The number of carbonyl (C=O) groups excluding carboxylic acids is 2. The van der Waals surface area contributed by atoms with Crippen molar-refractivity contribution in [2.45, 2.75) is 19.4 Å². The highest BCUT2D eigenvalue weighted by molar-refractivity contribution is 6.00. The Morgan fingerprint density at radius 3 is 2.87 bits per heavy atom. The van der Waals surface area contributed by atoms with E-state index in [1.165, 1.54) is 18.2 Å². The zero-order valence-electron chi connectivity index (χ0n) is 17.1. The van der Waals surface area contributed by atoms with Crippen molar-refractivity contribution >= 4 is 34.4 Å². The van der Waals surface area contributed by atoms with Gasteiger partial charge < -0.3 is 15.5 Å². The van der Waals surface area contributed by atoms with Crippen LogP contribution >= 0.6 is 0 Å². The van der Waals surface area contributed by atoms with E-state index >= 15 is 0 Å². The molecule has 0 bridgehead atoms. The number of rotatable bonds is 5. The summed E-state index contributed by atoms with van der Waals surface area (Å²) in [7, 11) is 0. The van der Waals surface area contributed by atoms with Gasteiger partial charge in [0.25, 0.3) is 5.91 Å². The van der Waals surface area contributed by atoms with Crippen molar-refractivity contribution in [3.8, 4) is 0 Å². The van der Waals surface area contributed by atoms with Gasteiger partial charge in [0, 0.05) is 42.0 Å². The van der Waals surface area contributed by atoms with Crippen molar-refractivity contribution in [2.24, 2.45) is 0 Å². The van der Waals surface area contributed by atoms with Crippen LogP contribution in [-0.2, 0) is 4.79 Å². The number of fused-ring (bicyclic) bond motifs is 1. The first-order valence-corrected chi connectivity index (χ1v) is 9.95. The third kappa shape index (κ3) is 4.53. The zero-order valence-corrected chi connectivity index (χ0v) is 17.1. The second-order valence-corrected chi connectivity index (χ2v) is 7.50. The summed E-state index contributed by atoms with van der Waals surface area (Å²) in [5.41, 5.74) is 2.68. The van der Waals surface area contributed by atoms with Crippen LogP contribution in [0.25, 0.3) is 10.9 Å². The second kappa shape index (κ2) is 8.51. The molecule has 1 aromatic heterocycles. The van der Waals surface area contributed by atoms with Crippen molar-refractivity contribution in [1.29, 1.82) is 0 Å². The number of halogens is 1. The van der Waals surface area contributed by atoms with Gasteiger partial charge in [-0.15, -0.1) is 0 Å². The molecule has 1 aliphatic heterocycles. The SMILES string of the molecule is C=CC(=O)Nc1ccc(C(=O)N2CC[C@@H](Nc3ncc4cc(F)ccc4n3)C2)cc1C. The highest BCUT2D eigenvalue weighted by Gasteiger charge is 2.27. The van der Waals surface area contributed by atoms with E-state index in [1.54, 1.807) is 35.4 Å². The Labute approximate surface area is 179 Å². The Kier molecular flexibility index (Phi) is 5.62. The molecule has 0 unspecified atom stereocenters. The molecule has 0 spiro atoms. The maximum atomic E-state index is 13.3. The maximum Gasteiger partial charge on any atom is 0.253 e. The molecule has 8 heteroatoms. The van der Waals surface area contributed by atoms with Crippen molar-refractivity contribution in [3.05, 3.63) is 72.2 Å². The Balaban J connectivity index is 1.41. The first-order valence-electron chi connectivity index (χ1n) is 9.95. The fourth-order valence-corrected chi connectivity index (χ4v) is 3.62. The minimum absolute atomic E-state index is 0.0223. The summed E-state index contributed by atoms with van der Waals surface area (Å²) >= 11 is 0. The predicted molar refractivity (Wildman–Crippen MR) is 117 cm³/mol. The molecule has 2 amide bonds. The van der Waals surface area contributed by atoms with Crippen LogP contribution in [0, 0.1) is 12.7 Å². The lowest BCUT2D eigenvalue weighted by molar-refractivity contribution is -0.111. The molecule has 0 radical (unpaired) electrons. The zero-order chi connectivity index (χ0) is 22.0. The van der Waals surface area contributed by atoms with E-state index in [0.29, 0.717) is 41.2 Å². The van der Waals surface area contributed by atoms with E-state index in [-0.39, 0.29) is 23.7 Å². The van der Waals surface area contributed by atoms with E-state index < -0.39 is 0 Å². The summed E-state index contributed by atoms with van der Waals surface area (Å²) in [5.74, 6) is -0.231. The van der Waals surface area contributed by atoms with Crippen LogP contribution in [0.5, 0.6) is 0 Å². The van der Waals surface area contributed by atoms with Gasteiger partial charge in [0.15, 0.2) is 0 Å². The number of aryl methyl sites for hydroxylation is 1. The van der Waals surface area contributed by atoms with Crippen LogP contribution in [0.15, 0.2) is 55.3 Å². The number of hydrogen-bond acceptors (Lipinski definition) is 5. The first-order chi connectivity index (χ1) is 14.9. The van der Waals surface area contributed by atoms with Crippen molar-refractivity contribution < 1.29 is 14.0 Å². The van der Waals surface area contributed by atoms with Gasteiger partial charge in [-0.1, -0.05) is 6.58 Å². The summed E-state index contributed by atoms with van der Waals surface area (Å²) in [6.07, 6.45) is 3.55. The van der Waals surface area contributed by atoms with Crippen LogP contribution in [0.4, 0.5) is 16.0 Å². The Morgan fingerprint density at radius 1 is 1.26 bits per heavy atom. The maximum absolute atomic E-state index is 13.3. The van der Waals surface area contributed by atoms with Crippen LogP contribution < -0.4 is 10.6 Å². The second-order valence-electron chi connectivity index (χ2n) is 7.50. The summed E-state index contributed by atoms with van der Waals surface area (Å²) in [5, 5.41) is 6.62. The van der Waals surface area contributed by atoms with Gasteiger partial charge in [0.05, 0.1) is 5.52 Å². The fourth-order valence-electron chi connectivity index (χ4n) is 3.62. The van der Waals surface area contributed by atoms with Crippen LogP contribution in [0.1, 0.15) is 22.3 Å². The van der Waals surface area contributed by atoms with E-state index in [1.807, 2.05) is 6.92 Å². The van der Waals surface area contributed by atoms with Gasteiger partial charge in [-0.3, -0.25) is 9.59 Å². The van der Waals surface area contributed by atoms with Crippen molar-refractivity contribution in [2.75, 3.05) is 23.7 Å². The molecular formula is C23H22FN5O2. The minimum atomic E-state index is -0.326. The van der Waals surface area contributed by atoms with E-state index in [0.717, 1.165) is 12.0 Å². The van der Waals surface area contributed by atoms with Crippen molar-refractivity contribution in [1.82, 2.24) is 14.9 Å². The number of amides is 2. The molecule has 1 fully saturated rings. The lowest BCUT2D eigenvalue weighted by Crippen LogP contribution is -2.32. The number of nitrogens with one attached hydrogen (secondary N) is 2. The minimum Gasteiger partial charge on any atom is -0.350 e. The molecule has 1 aliphatic rings. The first kappa shape index (κ1) is 20.5. The van der Waals surface area contributed by atoms with Gasteiger partial charge in [-0.2, -0.15) is 0 Å². The largest absolute Gasteiger partial charge is 0.350 e. The smallest absolute Gasteiger partial charge is 0.253 e. The van der Waals surface area contributed by atoms with Crippen LogP contribution in [-0.4, -0.2) is 45.8 Å². The van der Waals surface area contributed by atoms with Gasteiger partial charge in [0.1, 0.15) is 5.82 Å². The molecule has 0 saturated carbocycles. The third-order valence-electron chi connectivity index (χ3n) is 5.27. The molecule has 31 heavy (non-hydrogen) atoms. The quantitative estimate of drug-likeness (QED) is 0.618. The molecule has 1 saturated heterocycles. The lowest BCUT2D eigenvalue weighted by Gasteiger charge is -2.18. The monoisotopic (exact) mass is 419 g/mol. The van der Waals surface area contributed by atoms with Gasteiger partial charge in [-0.25, -0.2) is 14.4 Å². The number of carbonyl (C=O) groups is 2. The Bertz CT molecular complexity index is 1180. The lowest BCUT2D eigenvalue weighted by atomic mass is 10.1. The van der Waals surface area contributed by atoms with Gasteiger partial charge in [-0.05, 0) is 61.4 Å². The molecule has 2 N–H and O–H groups in total. The number of hydrogen-bond donors (Lipinski definition) is 2. The molecule has 2 heterocycles. The van der Waals surface area contributed by atoms with Crippen molar-refractivity contribution in [3.63, 3.8) is 0 Å². The Morgan fingerprint density at radius 2 is 2.10 bits per heavy atom. The van der Waals surface area contributed by atoms with E-state index in [4.69, 9.17) is 0 Å². The fraction of sp³-hybridized carbons (Fsp3) is 0.217. The molecule has 3 aromatic rings. The summed E-state index contributed by atoms with van der Waals surface area (Å²) in [4.78, 5) is 34.9. The summed E-state index contributed by atoms with van der Waals surface area (Å²) in [6.45, 7) is 6.42. The standard InChI is InChI=1S/C23H22FN5O2/c1-3-21(30)27-19-6-4-15(10-14(19)2)22(31)29-9-8-18(13-29)26-23-25-12-16-11-17(24)5-7-20(16)28-23/h3-7,10-12,18H,1,8-9,13H2,2H3,(H,27,30)(H,25,26,28)/t18-/m1/s1. The topological polar surface area (TPSA) is 87.2 Å². The average Bonchev–Trinajstić information content (AvgIpc) is 3.23. The normalized spacial score (nSPS) is 15.7. The number of likely N-dealkylation sites (tertiary alicyclic amines) is 1. The highest BCUT2D eigenvalue weighted by atomic mass is 19.1. The summed E-state index contributed by atoms with van der Waals surface area (Å²) < 4.78 is 13.3. The average molecular weight is 419 g/mol. The molecule has 158 valence electrons. The molecule has 2 aromatic carbocycles. The third-order valence-corrected chi connectivity index (χ3v) is 5.27. The van der Waals surface area contributed by atoms with Gasteiger partial charge in [0.2, 0.25) is 11.9 Å². The number of anilines is 2. The number of aromatic nitrogens is 2. The predicted octanol–water partition coefficient (Wildman–Crippen LogP) is 3.53. The molecule has 1 atom stereocenters. The molecular weight excluding hydrogens is 397 g/mol.